The molecule has 1 saturated heterocycles. The summed E-state index contributed by atoms with van der Waals surface area (Å²) in [5.41, 5.74) is 1.05. The molecule has 1 N–H and O–H groups in total. The minimum absolute atomic E-state index is 0.249. The molecular formula is C13H15Br2NO3. The zero-order valence-corrected chi connectivity index (χ0v) is 13.7. The first-order valence-corrected chi connectivity index (χ1v) is 7.57. The average Bonchev–Trinajstić information content (AvgIpc) is 2.77. The van der Waals surface area contributed by atoms with Crippen molar-refractivity contribution >= 4 is 37.8 Å². The number of nitrogens with zero attached hydrogens (tertiary/aromatic N) is 1. The predicted octanol–water partition coefficient (Wildman–Crippen LogP) is 3.13. The highest BCUT2D eigenvalue weighted by Crippen LogP contribution is 2.34. The van der Waals surface area contributed by atoms with E-state index in [0.29, 0.717) is 19.5 Å². The molecule has 1 heterocycles. The molecule has 1 aliphatic heterocycles. The fraction of sp³-hybridized carbons (Fsp3) is 0.462. The van der Waals surface area contributed by atoms with Crippen LogP contribution in [-0.4, -0.2) is 36.2 Å². The Morgan fingerprint density at radius 1 is 1.53 bits per heavy atom. The summed E-state index contributed by atoms with van der Waals surface area (Å²) in [6, 6.07) is 3.95. The zero-order chi connectivity index (χ0) is 14.0. The maximum atomic E-state index is 11.0. The lowest BCUT2D eigenvalue weighted by Gasteiger charge is -2.18. The molecular weight excluding hydrogens is 378 g/mol. The van der Waals surface area contributed by atoms with E-state index in [9.17, 15) is 4.79 Å². The van der Waals surface area contributed by atoms with Crippen molar-refractivity contribution in [3.63, 3.8) is 0 Å². The summed E-state index contributed by atoms with van der Waals surface area (Å²) in [5, 5.41) is 9.02. The van der Waals surface area contributed by atoms with Gasteiger partial charge < -0.3 is 9.84 Å². The molecule has 104 valence electrons. The number of hydrogen-bond acceptors (Lipinski definition) is 3. The smallest absolute Gasteiger partial charge is 0.307 e. The molecule has 1 unspecified atom stereocenters. The van der Waals surface area contributed by atoms with E-state index in [1.807, 2.05) is 12.1 Å². The van der Waals surface area contributed by atoms with Gasteiger partial charge in [-0.2, -0.15) is 0 Å². The first-order chi connectivity index (χ1) is 9.01. The van der Waals surface area contributed by atoms with Crippen LogP contribution in [0, 0.1) is 5.92 Å². The number of carboxylic acid groups (broad SMARTS) is 1. The molecule has 0 spiro atoms. The summed E-state index contributed by atoms with van der Waals surface area (Å²) in [6.45, 7) is 2.11. The summed E-state index contributed by atoms with van der Waals surface area (Å²) < 4.78 is 7.28. The number of likely N-dealkylation sites (tertiary alicyclic amines) is 1. The molecule has 1 aromatic carbocycles. The van der Waals surface area contributed by atoms with Crippen molar-refractivity contribution in [3.8, 4) is 5.75 Å². The van der Waals surface area contributed by atoms with Crippen LogP contribution in [0.2, 0.25) is 0 Å². The van der Waals surface area contributed by atoms with E-state index < -0.39 is 5.97 Å². The number of ether oxygens (including phenoxy) is 1. The van der Waals surface area contributed by atoms with E-state index >= 15 is 0 Å². The molecule has 19 heavy (non-hydrogen) atoms. The van der Waals surface area contributed by atoms with Crippen LogP contribution in [0.4, 0.5) is 0 Å². The van der Waals surface area contributed by atoms with Crippen molar-refractivity contribution in [3.05, 3.63) is 26.6 Å². The van der Waals surface area contributed by atoms with E-state index in [1.165, 1.54) is 0 Å². The molecule has 1 aromatic rings. The van der Waals surface area contributed by atoms with Crippen LogP contribution in [0.5, 0.6) is 5.75 Å². The number of methoxy groups -OCH3 is 1. The highest BCUT2D eigenvalue weighted by molar-refractivity contribution is 9.11. The van der Waals surface area contributed by atoms with Crippen molar-refractivity contribution in [2.24, 2.45) is 5.92 Å². The third-order valence-corrected chi connectivity index (χ3v) is 4.35. The molecule has 0 amide bonds. The topological polar surface area (TPSA) is 49.8 Å². The van der Waals surface area contributed by atoms with Gasteiger partial charge in [-0.3, -0.25) is 9.69 Å². The van der Waals surface area contributed by atoms with Gasteiger partial charge in [0, 0.05) is 23.1 Å². The lowest BCUT2D eigenvalue weighted by Crippen LogP contribution is -2.23. The van der Waals surface area contributed by atoms with Crippen LogP contribution in [0.25, 0.3) is 0 Å². The maximum absolute atomic E-state index is 11.0. The van der Waals surface area contributed by atoms with E-state index in [4.69, 9.17) is 9.84 Å². The van der Waals surface area contributed by atoms with Gasteiger partial charge in [-0.15, -0.1) is 0 Å². The Kier molecular flexibility index (Phi) is 4.86. The second-order valence-corrected chi connectivity index (χ2v) is 6.41. The van der Waals surface area contributed by atoms with Crippen LogP contribution < -0.4 is 4.74 Å². The molecule has 4 nitrogen and oxygen atoms in total. The summed E-state index contributed by atoms with van der Waals surface area (Å²) in [6.07, 6.45) is 0.715. The van der Waals surface area contributed by atoms with E-state index in [2.05, 4.69) is 36.8 Å². The molecule has 1 fully saturated rings. The van der Waals surface area contributed by atoms with E-state index in [0.717, 1.165) is 26.8 Å². The Hall–Kier alpha value is -0.590. The fourth-order valence-corrected chi connectivity index (χ4v) is 3.85. The van der Waals surface area contributed by atoms with Gasteiger partial charge in [-0.1, -0.05) is 15.9 Å². The highest BCUT2D eigenvalue weighted by Gasteiger charge is 2.28. The van der Waals surface area contributed by atoms with Gasteiger partial charge in [0.1, 0.15) is 5.75 Å². The van der Waals surface area contributed by atoms with Crippen LogP contribution in [0.1, 0.15) is 12.0 Å². The zero-order valence-electron chi connectivity index (χ0n) is 10.5. The second-order valence-electron chi connectivity index (χ2n) is 4.64. The SMILES string of the molecule is COc1c(Br)cc(Br)cc1CN1CCC(C(=O)O)C1. The Bertz CT molecular complexity index is 493. The maximum Gasteiger partial charge on any atom is 0.307 e. The quantitative estimate of drug-likeness (QED) is 0.855. The molecule has 0 bridgehead atoms. The first kappa shape index (κ1) is 14.8. The van der Waals surface area contributed by atoms with E-state index in [-0.39, 0.29) is 5.92 Å². The van der Waals surface area contributed by atoms with Gasteiger partial charge in [-0.25, -0.2) is 0 Å². The molecule has 0 saturated carbocycles. The van der Waals surface area contributed by atoms with Crippen LogP contribution in [0.15, 0.2) is 21.1 Å². The van der Waals surface area contributed by atoms with Gasteiger partial charge >= 0.3 is 5.97 Å². The van der Waals surface area contributed by atoms with Crippen molar-refractivity contribution in [2.45, 2.75) is 13.0 Å². The molecule has 6 heteroatoms. The third kappa shape index (κ3) is 3.49. The number of carbonyl (C=O) groups is 1. The van der Waals surface area contributed by atoms with Crippen LogP contribution >= 0.6 is 31.9 Å². The van der Waals surface area contributed by atoms with E-state index in [1.54, 1.807) is 7.11 Å². The first-order valence-electron chi connectivity index (χ1n) is 5.98. The lowest BCUT2D eigenvalue weighted by molar-refractivity contribution is -0.141. The van der Waals surface area contributed by atoms with Gasteiger partial charge in [0.25, 0.3) is 0 Å². The van der Waals surface area contributed by atoms with Gasteiger partial charge in [0.2, 0.25) is 0 Å². The molecule has 0 aromatic heterocycles. The molecule has 0 aliphatic carbocycles. The average molecular weight is 393 g/mol. The number of rotatable bonds is 4. The Morgan fingerprint density at radius 2 is 2.26 bits per heavy atom. The summed E-state index contributed by atoms with van der Waals surface area (Å²) in [5.74, 6) is -0.145. The molecule has 1 atom stereocenters. The minimum Gasteiger partial charge on any atom is -0.495 e. The minimum atomic E-state index is -0.704. The fourth-order valence-electron chi connectivity index (χ4n) is 2.38. The number of hydrogen-bond donors (Lipinski definition) is 1. The monoisotopic (exact) mass is 391 g/mol. The highest BCUT2D eigenvalue weighted by atomic mass is 79.9. The van der Waals surface area contributed by atoms with Crippen molar-refractivity contribution < 1.29 is 14.6 Å². The third-order valence-electron chi connectivity index (χ3n) is 3.30. The van der Waals surface area contributed by atoms with Crippen molar-refractivity contribution in [1.29, 1.82) is 0 Å². The number of aliphatic carboxylic acids is 1. The summed E-state index contributed by atoms with van der Waals surface area (Å²) >= 11 is 6.94. The summed E-state index contributed by atoms with van der Waals surface area (Å²) in [7, 11) is 1.64. The number of carboxylic acids is 1. The molecule has 2 rings (SSSR count). The van der Waals surface area contributed by atoms with Gasteiger partial charge in [-0.05, 0) is 41.0 Å². The Morgan fingerprint density at radius 3 is 2.84 bits per heavy atom. The van der Waals surface area contributed by atoms with Crippen molar-refractivity contribution in [1.82, 2.24) is 4.90 Å². The predicted molar refractivity (Wildman–Crippen MR) is 79.4 cm³/mol. The largest absolute Gasteiger partial charge is 0.495 e. The number of halogens is 2. The van der Waals surface area contributed by atoms with Crippen LogP contribution in [0.3, 0.4) is 0 Å². The Labute approximate surface area is 129 Å². The normalized spacial score (nSPS) is 19.6. The summed E-state index contributed by atoms with van der Waals surface area (Å²) in [4.78, 5) is 13.1. The van der Waals surface area contributed by atoms with Crippen molar-refractivity contribution in [2.75, 3.05) is 20.2 Å². The molecule has 1 aliphatic rings. The number of benzene rings is 1. The van der Waals surface area contributed by atoms with Gasteiger partial charge in [0.15, 0.2) is 0 Å². The Balaban J connectivity index is 2.13. The second kappa shape index (κ2) is 6.24. The molecule has 0 radical (unpaired) electrons. The standard InChI is InChI=1S/C13H15Br2NO3/c1-19-12-9(4-10(14)5-11(12)15)7-16-3-2-8(6-16)13(17)18/h4-5,8H,2-3,6-7H2,1H3,(H,17,18). The van der Waals surface area contributed by atoms with Gasteiger partial charge in [0.05, 0.1) is 17.5 Å². The lowest BCUT2D eigenvalue weighted by atomic mass is 10.1. The van der Waals surface area contributed by atoms with Crippen LogP contribution in [-0.2, 0) is 11.3 Å².